The van der Waals surface area contributed by atoms with Gasteiger partial charge in [-0.05, 0) is 48.5 Å². The summed E-state index contributed by atoms with van der Waals surface area (Å²) in [4.78, 5) is 51.8. The number of aromatic nitrogens is 1. The Labute approximate surface area is 186 Å². The van der Waals surface area contributed by atoms with Gasteiger partial charge in [-0.15, -0.1) is 11.8 Å². The zero-order valence-corrected chi connectivity index (χ0v) is 17.3. The minimum atomic E-state index is -1.41. The number of carbonyl (C=O) groups is 4. The van der Waals surface area contributed by atoms with E-state index in [-0.39, 0.29) is 22.8 Å². The first kappa shape index (κ1) is 22.5. The van der Waals surface area contributed by atoms with Gasteiger partial charge < -0.3 is 20.8 Å². The standard InChI is InChI=1S/C22H17N3O6S/c26-19(24-14-6-8-23-9-7-14)12-32-16-3-1-2-15(11-16)25-20(27)17-5-4-13(21(28)29)10-18(17)22(30)31/h1-11H,12H2,(H,25,27)(H,28,29)(H,30,31)(H,23,24,26). The van der Waals surface area contributed by atoms with Crippen LogP contribution in [0.2, 0.25) is 0 Å². The van der Waals surface area contributed by atoms with E-state index >= 15 is 0 Å². The molecule has 2 amide bonds. The van der Waals surface area contributed by atoms with Gasteiger partial charge in [-0.3, -0.25) is 14.6 Å². The third kappa shape index (κ3) is 5.92. The van der Waals surface area contributed by atoms with Crippen LogP contribution in [0.5, 0.6) is 0 Å². The molecule has 3 rings (SSSR count). The Morgan fingerprint density at radius 2 is 1.56 bits per heavy atom. The van der Waals surface area contributed by atoms with Crippen LogP contribution in [-0.4, -0.2) is 44.7 Å². The number of thioether (sulfide) groups is 1. The zero-order valence-electron chi connectivity index (χ0n) is 16.4. The van der Waals surface area contributed by atoms with Gasteiger partial charge in [0.15, 0.2) is 0 Å². The van der Waals surface area contributed by atoms with Crippen molar-refractivity contribution in [1.82, 2.24) is 4.98 Å². The molecule has 4 N–H and O–H groups in total. The molecule has 0 saturated carbocycles. The Hall–Kier alpha value is -4.18. The van der Waals surface area contributed by atoms with Crippen molar-refractivity contribution in [2.45, 2.75) is 4.90 Å². The van der Waals surface area contributed by atoms with Gasteiger partial charge in [0.25, 0.3) is 5.91 Å². The van der Waals surface area contributed by atoms with Gasteiger partial charge in [0.05, 0.1) is 22.4 Å². The quantitative estimate of drug-likeness (QED) is 0.381. The Balaban J connectivity index is 1.67. The van der Waals surface area contributed by atoms with Crippen LogP contribution < -0.4 is 10.6 Å². The van der Waals surface area contributed by atoms with Crippen molar-refractivity contribution < 1.29 is 29.4 Å². The normalized spacial score (nSPS) is 10.2. The Morgan fingerprint density at radius 3 is 2.25 bits per heavy atom. The predicted octanol–water partition coefficient (Wildman–Crippen LogP) is 3.46. The average Bonchev–Trinajstić information content (AvgIpc) is 2.78. The summed E-state index contributed by atoms with van der Waals surface area (Å²) in [6, 6.07) is 13.3. The van der Waals surface area contributed by atoms with E-state index in [9.17, 15) is 24.3 Å². The monoisotopic (exact) mass is 451 g/mol. The third-order valence-corrected chi connectivity index (χ3v) is 5.16. The maximum Gasteiger partial charge on any atom is 0.336 e. The molecule has 3 aromatic rings. The van der Waals surface area contributed by atoms with E-state index < -0.39 is 23.4 Å². The van der Waals surface area contributed by atoms with E-state index in [4.69, 9.17) is 5.11 Å². The molecule has 162 valence electrons. The highest BCUT2D eigenvalue weighted by Crippen LogP contribution is 2.23. The van der Waals surface area contributed by atoms with E-state index in [0.717, 1.165) is 18.2 Å². The van der Waals surface area contributed by atoms with Crippen LogP contribution >= 0.6 is 11.8 Å². The molecule has 1 heterocycles. The fraction of sp³-hybridized carbons (Fsp3) is 0.0455. The lowest BCUT2D eigenvalue weighted by molar-refractivity contribution is -0.113. The summed E-state index contributed by atoms with van der Waals surface area (Å²) in [5, 5.41) is 23.7. The summed E-state index contributed by atoms with van der Waals surface area (Å²) in [5.41, 5.74) is 0.211. The van der Waals surface area contributed by atoms with Crippen molar-refractivity contribution in [2.24, 2.45) is 0 Å². The minimum absolute atomic E-state index is 0.138. The van der Waals surface area contributed by atoms with E-state index in [0.29, 0.717) is 16.3 Å². The molecular formula is C22H17N3O6S. The highest BCUT2D eigenvalue weighted by Gasteiger charge is 2.19. The maximum absolute atomic E-state index is 12.6. The Bertz CT molecular complexity index is 1180. The second-order valence-electron chi connectivity index (χ2n) is 6.43. The van der Waals surface area contributed by atoms with Crippen molar-refractivity contribution in [3.8, 4) is 0 Å². The summed E-state index contributed by atoms with van der Waals surface area (Å²) in [6.07, 6.45) is 3.14. The number of hydrogen-bond donors (Lipinski definition) is 4. The number of carbonyl (C=O) groups excluding carboxylic acids is 2. The summed E-state index contributed by atoms with van der Waals surface area (Å²) in [7, 11) is 0. The number of rotatable bonds is 8. The van der Waals surface area contributed by atoms with Crippen LogP contribution in [0.25, 0.3) is 0 Å². The second-order valence-corrected chi connectivity index (χ2v) is 7.47. The SMILES string of the molecule is O=C(CSc1cccc(NC(=O)c2ccc(C(=O)O)cc2C(=O)O)c1)Nc1ccncc1. The molecule has 9 nitrogen and oxygen atoms in total. The molecule has 10 heteroatoms. The number of carboxylic acid groups (broad SMARTS) is 2. The van der Waals surface area contributed by atoms with Crippen LogP contribution in [0, 0.1) is 0 Å². The third-order valence-electron chi connectivity index (χ3n) is 4.17. The number of pyridine rings is 1. The summed E-state index contributed by atoms with van der Waals surface area (Å²) in [6.45, 7) is 0. The van der Waals surface area contributed by atoms with Crippen LogP contribution in [0.15, 0.2) is 71.9 Å². The molecule has 0 aliphatic rings. The first-order valence-corrected chi connectivity index (χ1v) is 10.2. The number of carboxylic acids is 2. The molecule has 0 bridgehead atoms. The van der Waals surface area contributed by atoms with Crippen molar-refractivity contribution in [3.05, 3.63) is 83.7 Å². The lowest BCUT2D eigenvalue weighted by Crippen LogP contribution is -2.17. The summed E-state index contributed by atoms with van der Waals surface area (Å²) >= 11 is 1.26. The maximum atomic E-state index is 12.6. The number of hydrogen-bond acceptors (Lipinski definition) is 6. The number of aromatic carboxylic acids is 2. The Kier molecular flexibility index (Phi) is 7.19. The summed E-state index contributed by atoms with van der Waals surface area (Å²) in [5.74, 6) is -3.48. The van der Waals surface area contributed by atoms with E-state index in [1.165, 1.54) is 11.8 Å². The molecule has 0 saturated heterocycles. The molecule has 0 radical (unpaired) electrons. The first-order chi connectivity index (χ1) is 15.3. The molecule has 0 spiro atoms. The second kappa shape index (κ2) is 10.2. The minimum Gasteiger partial charge on any atom is -0.478 e. The van der Waals surface area contributed by atoms with Crippen LogP contribution in [0.3, 0.4) is 0 Å². The molecule has 1 aromatic heterocycles. The summed E-state index contributed by atoms with van der Waals surface area (Å²) < 4.78 is 0. The van der Waals surface area contributed by atoms with Gasteiger partial charge in [-0.2, -0.15) is 0 Å². The van der Waals surface area contributed by atoms with Gasteiger partial charge in [-0.25, -0.2) is 9.59 Å². The van der Waals surface area contributed by atoms with E-state index in [1.807, 2.05) is 0 Å². The van der Waals surface area contributed by atoms with Crippen molar-refractivity contribution >= 4 is 46.9 Å². The lowest BCUT2D eigenvalue weighted by Gasteiger charge is -2.10. The number of nitrogens with zero attached hydrogens (tertiary/aromatic N) is 1. The molecule has 32 heavy (non-hydrogen) atoms. The van der Waals surface area contributed by atoms with Gasteiger partial charge in [0.2, 0.25) is 5.91 Å². The zero-order chi connectivity index (χ0) is 23.1. The van der Waals surface area contributed by atoms with Gasteiger partial charge in [-0.1, -0.05) is 6.07 Å². The molecular weight excluding hydrogens is 434 g/mol. The smallest absolute Gasteiger partial charge is 0.336 e. The molecule has 2 aromatic carbocycles. The first-order valence-electron chi connectivity index (χ1n) is 9.18. The largest absolute Gasteiger partial charge is 0.478 e. The highest BCUT2D eigenvalue weighted by atomic mass is 32.2. The molecule has 0 unspecified atom stereocenters. The molecule has 0 aliphatic heterocycles. The van der Waals surface area contributed by atoms with Gasteiger partial charge in [0, 0.05) is 28.7 Å². The van der Waals surface area contributed by atoms with Gasteiger partial charge >= 0.3 is 11.9 Å². The van der Waals surface area contributed by atoms with Gasteiger partial charge in [0.1, 0.15) is 0 Å². The van der Waals surface area contributed by atoms with E-state index in [1.54, 1.807) is 48.8 Å². The molecule has 0 fully saturated rings. The number of amides is 2. The Morgan fingerprint density at radius 1 is 0.812 bits per heavy atom. The average molecular weight is 451 g/mol. The fourth-order valence-corrected chi connectivity index (χ4v) is 3.45. The number of anilines is 2. The van der Waals surface area contributed by atoms with Crippen molar-refractivity contribution in [1.29, 1.82) is 0 Å². The fourth-order valence-electron chi connectivity index (χ4n) is 2.70. The van der Waals surface area contributed by atoms with Crippen LogP contribution in [-0.2, 0) is 4.79 Å². The predicted molar refractivity (Wildman–Crippen MR) is 118 cm³/mol. The number of benzene rings is 2. The highest BCUT2D eigenvalue weighted by molar-refractivity contribution is 8.00. The topological polar surface area (TPSA) is 146 Å². The van der Waals surface area contributed by atoms with Crippen molar-refractivity contribution in [2.75, 3.05) is 16.4 Å². The van der Waals surface area contributed by atoms with Crippen LogP contribution in [0.1, 0.15) is 31.1 Å². The molecule has 0 atom stereocenters. The number of nitrogens with one attached hydrogen (secondary N) is 2. The van der Waals surface area contributed by atoms with Crippen LogP contribution in [0.4, 0.5) is 11.4 Å². The molecule has 0 aliphatic carbocycles. The van der Waals surface area contributed by atoms with E-state index in [2.05, 4.69) is 15.6 Å². The van der Waals surface area contributed by atoms with Crippen molar-refractivity contribution in [3.63, 3.8) is 0 Å². The lowest BCUT2D eigenvalue weighted by atomic mass is 10.0.